The van der Waals surface area contributed by atoms with Gasteiger partial charge < -0.3 is 16.8 Å². The molecular weight excluding hydrogens is 412 g/mol. The number of amides is 1. The van der Waals surface area contributed by atoms with Gasteiger partial charge in [-0.05, 0) is 38.8 Å². The number of hydrogen-bond donors (Lipinski definition) is 4. The maximum atomic E-state index is 12.8. The number of thiazole rings is 1. The first-order valence-corrected chi connectivity index (χ1v) is 11.1. The van der Waals surface area contributed by atoms with Gasteiger partial charge in [0.1, 0.15) is 5.82 Å². The molecule has 2 aromatic heterocycles. The molecule has 2 heterocycles. The number of guanidine groups is 1. The van der Waals surface area contributed by atoms with Gasteiger partial charge >= 0.3 is 0 Å². The molecule has 9 nitrogen and oxygen atoms in total. The minimum atomic E-state index is -0.399. The first-order valence-electron chi connectivity index (χ1n) is 10.3. The molecule has 1 fully saturated rings. The Kier molecular flexibility index (Phi) is 5.99. The highest BCUT2D eigenvalue weighted by Crippen LogP contribution is 2.28. The predicted octanol–water partition coefficient (Wildman–Crippen LogP) is 2.95. The SMILES string of the molecule is Cc1ccc2nc(C(=O)Nc3ncc(C)s3)nc(N[C@H]3CCCC[C@H]3N=C(N)N)c2c1. The molecule has 162 valence electrons. The molecule has 1 saturated carbocycles. The highest BCUT2D eigenvalue weighted by molar-refractivity contribution is 7.15. The maximum Gasteiger partial charge on any atom is 0.295 e. The fraction of sp³-hybridized carbons (Fsp3) is 0.381. The van der Waals surface area contributed by atoms with Crippen LogP contribution < -0.4 is 22.1 Å². The first-order chi connectivity index (χ1) is 14.9. The number of nitrogens with one attached hydrogen (secondary N) is 2. The van der Waals surface area contributed by atoms with Crippen LogP contribution in [0.4, 0.5) is 10.9 Å². The third-order valence-electron chi connectivity index (χ3n) is 5.26. The quantitative estimate of drug-likeness (QED) is 0.354. The average molecular weight is 439 g/mol. The largest absolute Gasteiger partial charge is 0.370 e. The number of benzene rings is 1. The summed E-state index contributed by atoms with van der Waals surface area (Å²) in [5, 5.41) is 7.66. The van der Waals surface area contributed by atoms with E-state index in [2.05, 4.69) is 30.6 Å². The second-order valence-corrected chi connectivity index (χ2v) is 9.04. The Labute approximate surface area is 184 Å². The van der Waals surface area contributed by atoms with E-state index < -0.39 is 5.91 Å². The lowest BCUT2D eigenvalue weighted by atomic mass is 9.90. The molecule has 6 N–H and O–H groups in total. The zero-order valence-electron chi connectivity index (χ0n) is 17.6. The van der Waals surface area contributed by atoms with Crippen molar-refractivity contribution in [1.29, 1.82) is 0 Å². The molecule has 0 spiro atoms. The molecule has 1 aromatic carbocycles. The summed E-state index contributed by atoms with van der Waals surface area (Å²) >= 11 is 1.40. The molecule has 0 aliphatic heterocycles. The molecule has 0 saturated heterocycles. The topological polar surface area (TPSA) is 144 Å². The maximum absolute atomic E-state index is 12.8. The fourth-order valence-corrected chi connectivity index (χ4v) is 4.48. The summed E-state index contributed by atoms with van der Waals surface area (Å²) in [4.78, 5) is 31.5. The van der Waals surface area contributed by atoms with E-state index in [1.54, 1.807) is 6.20 Å². The number of nitrogens with zero attached hydrogens (tertiary/aromatic N) is 4. The van der Waals surface area contributed by atoms with Crippen LogP contribution in [0, 0.1) is 13.8 Å². The molecule has 3 aromatic rings. The predicted molar refractivity (Wildman–Crippen MR) is 125 cm³/mol. The summed E-state index contributed by atoms with van der Waals surface area (Å²) in [5.74, 6) is 0.378. The van der Waals surface area contributed by atoms with E-state index in [1.807, 2.05) is 32.0 Å². The van der Waals surface area contributed by atoms with Crippen molar-refractivity contribution in [1.82, 2.24) is 15.0 Å². The summed E-state index contributed by atoms with van der Waals surface area (Å²) in [5.41, 5.74) is 13.1. The zero-order chi connectivity index (χ0) is 22.0. The molecule has 2 atom stereocenters. The van der Waals surface area contributed by atoms with E-state index in [0.29, 0.717) is 16.5 Å². The molecular formula is C21H26N8OS. The number of anilines is 2. The Morgan fingerprint density at radius 3 is 2.74 bits per heavy atom. The normalized spacial score (nSPS) is 18.5. The van der Waals surface area contributed by atoms with Gasteiger partial charge in [0.2, 0.25) is 5.82 Å². The van der Waals surface area contributed by atoms with Crippen LogP contribution in [0.15, 0.2) is 29.4 Å². The zero-order valence-corrected chi connectivity index (χ0v) is 18.4. The van der Waals surface area contributed by atoms with Crippen LogP contribution in [0.25, 0.3) is 10.9 Å². The van der Waals surface area contributed by atoms with Crippen molar-refractivity contribution in [3.05, 3.63) is 40.7 Å². The van der Waals surface area contributed by atoms with Crippen LogP contribution in [-0.2, 0) is 0 Å². The smallest absolute Gasteiger partial charge is 0.295 e. The molecule has 1 aliphatic rings. The van der Waals surface area contributed by atoms with Gasteiger partial charge in [-0.15, -0.1) is 11.3 Å². The number of aliphatic imine (C=N–C) groups is 1. The van der Waals surface area contributed by atoms with E-state index in [1.165, 1.54) is 11.3 Å². The number of carbonyl (C=O) groups excluding carboxylic acids is 1. The molecule has 4 rings (SSSR count). The van der Waals surface area contributed by atoms with Gasteiger partial charge in [0, 0.05) is 16.5 Å². The Morgan fingerprint density at radius 1 is 1.19 bits per heavy atom. The fourth-order valence-electron chi connectivity index (χ4n) is 3.82. The first kappa shape index (κ1) is 21.0. The highest BCUT2D eigenvalue weighted by atomic mass is 32.1. The number of hydrogen-bond acceptors (Lipinski definition) is 7. The highest BCUT2D eigenvalue weighted by Gasteiger charge is 2.26. The minimum absolute atomic E-state index is 0.0204. The van der Waals surface area contributed by atoms with Gasteiger partial charge in [0.15, 0.2) is 11.1 Å². The molecule has 1 amide bonds. The van der Waals surface area contributed by atoms with Crippen molar-refractivity contribution in [3.63, 3.8) is 0 Å². The summed E-state index contributed by atoms with van der Waals surface area (Å²) in [6.45, 7) is 3.94. The van der Waals surface area contributed by atoms with Crippen LogP contribution in [0.5, 0.6) is 0 Å². The Bertz CT molecular complexity index is 1140. The molecule has 10 heteroatoms. The second-order valence-electron chi connectivity index (χ2n) is 7.80. The molecule has 0 unspecified atom stereocenters. The van der Waals surface area contributed by atoms with E-state index in [0.717, 1.165) is 41.5 Å². The summed E-state index contributed by atoms with van der Waals surface area (Å²) in [7, 11) is 0. The Balaban J connectivity index is 1.69. The Hall–Kier alpha value is -3.27. The second kappa shape index (κ2) is 8.84. The van der Waals surface area contributed by atoms with Crippen LogP contribution in [0.3, 0.4) is 0 Å². The van der Waals surface area contributed by atoms with Gasteiger partial charge in [-0.25, -0.2) is 19.9 Å². The molecule has 0 bridgehead atoms. The van der Waals surface area contributed by atoms with Crippen LogP contribution in [-0.4, -0.2) is 38.9 Å². The minimum Gasteiger partial charge on any atom is -0.370 e. The number of rotatable bonds is 5. The third-order valence-corrected chi connectivity index (χ3v) is 6.09. The average Bonchev–Trinajstić information content (AvgIpc) is 3.13. The third kappa shape index (κ3) is 4.91. The van der Waals surface area contributed by atoms with Crippen molar-refractivity contribution in [2.75, 3.05) is 10.6 Å². The summed E-state index contributed by atoms with van der Waals surface area (Å²) in [6.07, 6.45) is 5.67. The van der Waals surface area contributed by atoms with Gasteiger partial charge in [0.05, 0.1) is 17.6 Å². The Morgan fingerprint density at radius 2 is 2.00 bits per heavy atom. The van der Waals surface area contributed by atoms with Crippen molar-refractivity contribution >= 4 is 45.1 Å². The van der Waals surface area contributed by atoms with Gasteiger partial charge in [-0.1, -0.05) is 24.5 Å². The number of carbonyl (C=O) groups is 1. The summed E-state index contributed by atoms with van der Waals surface area (Å²) < 4.78 is 0. The van der Waals surface area contributed by atoms with Crippen molar-refractivity contribution in [3.8, 4) is 0 Å². The number of fused-ring (bicyclic) bond motifs is 1. The van der Waals surface area contributed by atoms with Crippen molar-refractivity contribution in [2.24, 2.45) is 16.5 Å². The van der Waals surface area contributed by atoms with Gasteiger partial charge in [-0.3, -0.25) is 10.1 Å². The van der Waals surface area contributed by atoms with Crippen molar-refractivity contribution in [2.45, 2.75) is 51.6 Å². The summed E-state index contributed by atoms with van der Waals surface area (Å²) in [6, 6.07) is 5.86. The number of aryl methyl sites for hydroxylation is 2. The van der Waals surface area contributed by atoms with Gasteiger partial charge in [-0.2, -0.15) is 0 Å². The van der Waals surface area contributed by atoms with E-state index in [9.17, 15) is 4.79 Å². The molecule has 31 heavy (non-hydrogen) atoms. The van der Waals surface area contributed by atoms with Crippen LogP contribution in [0.1, 0.15) is 46.7 Å². The van der Waals surface area contributed by atoms with Crippen LogP contribution in [0.2, 0.25) is 0 Å². The lowest BCUT2D eigenvalue weighted by molar-refractivity contribution is 0.101. The van der Waals surface area contributed by atoms with E-state index >= 15 is 0 Å². The van der Waals surface area contributed by atoms with E-state index in [-0.39, 0.29) is 23.9 Å². The molecule has 1 aliphatic carbocycles. The number of nitrogens with two attached hydrogens (primary N) is 2. The lowest BCUT2D eigenvalue weighted by Crippen LogP contribution is -2.38. The van der Waals surface area contributed by atoms with Crippen molar-refractivity contribution < 1.29 is 4.79 Å². The van der Waals surface area contributed by atoms with Gasteiger partial charge in [0.25, 0.3) is 5.91 Å². The number of aromatic nitrogens is 3. The monoisotopic (exact) mass is 438 g/mol. The standard InChI is InChI=1S/C21H26N8OS/c1-11-7-8-14-13(9-11)17(26-15-5-3-4-6-16(15)27-20(22)23)28-18(25-14)19(30)29-21-24-10-12(2)31-21/h7-10,15-16H,3-6H2,1-2H3,(H4,22,23,27)(H,24,29,30)(H,25,26,28)/t15-,16+/m0/s1. The lowest BCUT2D eigenvalue weighted by Gasteiger charge is -2.30. The van der Waals surface area contributed by atoms with E-state index in [4.69, 9.17) is 11.5 Å². The molecule has 0 radical (unpaired) electrons. The van der Waals surface area contributed by atoms with Crippen LogP contribution >= 0.6 is 11.3 Å².